The number of halogens is 1. The molecule has 126 valence electrons. The lowest BCUT2D eigenvalue weighted by Gasteiger charge is -2.06. The van der Waals surface area contributed by atoms with E-state index in [4.69, 9.17) is 0 Å². The fourth-order valence-corrected chi connectivity index (χ4v) is 2.71. The van der Waals surface area contributed by atoms with E-state index in [1.807, 2.05) is 0 Å². The number of carbonyl (C=O) groups is 3. The normalized spacial score (nSPS) is 10.6. The Kier molecular flexibility index (Phi) is 4.43. The standard InChI is InChI=1S/C19H15FN2O3/c1-12(24)21-16-5-2-13(3-6-16)19(25)10-22-9-14(11-23)17-8-15(20)4-7-18(17)22/h2-9,11H,10H2,1H3,(H,21,24). The Labute approximate surface area is 143 Å². The lowest BCUT2D eigenvalue weighted by atomic mass is 10.1. The lowest BCUT2D eigenvalue weighted by molar-refractivity contribution is -0.114. The molecule has 25 heavy (non-hydrogen) atoms. The van der Waals surface area contributed by atoms with E-state index in [2.05, 4.69) is 5.32 Å². The van der Waals surface area contributed by atoms with Crippen LogP contribution in [0.15, 0.2) is 48.7 Å². The molecule has 0 saturated heterocycles. The summed E-state index contributed by atoms with van der Waals surface area (Å²) in [6.07, 6.45) is 2.19. The molecule has 3 aromatic rings. The van der Waals surface area contributed by atoms with Crippen LogP contribution in [0.3, 0.4) is 0 Å². The maximum atomic E-state index is 13.4. The number of carbonyl (C=O) groups excluding carboxylic acids is 3. The van der Waals surface area contributed by atoms with Gasteiger partial charge in [-0.05, 0) is 42.5 Å². The van der Waals surface area contributed by atoms with Gasteiger partial charge in [0.1, 0.15) is 5.82 Å². The van der Waals surface area contributed by atoms with Crippen molar-refractivity contribution in [3.05, 3.63) is 65.6 Å². The first-order chi connectivity index (χ1) is 12.0. The lowest BCUT2D eigenvalue weighted by Crippen LogP contribution is -2.10. The van der Waals surface area contributed by atoms with Crippen molar-refractivity contribution in [2.45, 2.75) is 13.5 Å². The van der Waals surface area contributed by atoms with E-state index in [0.717, 1.165) is 0 Å². The summed E-state index contributed by atoms with van der Waals surface area (Å²) in [5, 5.41) is 3.11. The van der Waals surface area contributed by atoms with Crippen molar-refractivity contribution in [3.63, 3.8) is 0 Å². The molecule has 0 aliphatic heterocycles. The van der Waals surface area contributed by atoms with Gasteiger partial charge in [0.2, 0.25) is 5.91 Å². The molecule has 1 aromatic heterocycles. The van der Waals surface area contributed by atoms with Crippen LogP contribution in [-0.4, -0.2) is 22.5 Å². The van der Waals surface area contributed by atoms with Crippen LogP contribution in [0.25, 0.3) is 10.9 Å². The molecule has 0 fully saturated rings. The van der Waals surface area contributed by atoms with Crippen LogP contribution in [0.4, 0.5) is 10.1 Å². The third kappa shape index (κ3) is 3.47. The van der Waals surface area contributed by atoms with Gasteiger partial charge < -0.3 is 9.88 Å². The number of nitrogens with one attached hydrogen (secondary N) is 1. The maximum absolute atomic E-state index is 13.4. The Morgan fingerprint density at radius 2 is 1.88 bits per heavy atom. The molecule has 0 radical (unpaired) electrons. The Morgan fingerprint density at radius 3 is 2.52 bits per heavy atom. The van der Waals surface area contributed by atoms with Crippen LogP contribution < -0.4 is 5.32 Å². The smallest absolute Gasteiger partial charge is 0.221 e. The molecule has 0 unspecified atom stereocenters. The second kappa shape index (κ2) is 6.68. The van der Waals surface area contributed by atoms with Gasteiger partial charge in [0.05, 0.1) is 6.54 Å². The minimum Gasteiger partial charge on any atom is -0.339 e. The van der Waals surface area contributed by atoms with Gasteiger partial charge in [0, 0.05) is 40.8 Å². The summed E-state index contributed by atoms with van der Waals surface area (Å²) in [6.45, 7) is 1.43. The minimum absolute atomic E-state index is 0.0233. The highest BCUT2D eigenvalue weighted by Gasteiger charge is 2.13. The van der Waals surface area contributed by atoms with Gasteiger partial charge in [-0.3, -0.25) is 14.4 Å². The number of hydrogen-bond acceptors (Lipinski definition) is 3. The van der Waals surface area contributed by atoms with E-state index in [1.165, 1.54) is 19.1 Å². The van der Waals surface area contributed by atoms with Crippen molar-refractivity contribution in [1.29, 1.82) is 0 Å². The zero-order valence-corrected chi connectivity index (χ0v) is 13.5. The second-order valence-corrected chi connectivity index (χ2v) is 5.67. The van der Waals surface area contributed by atoms with Crippen LogP contribution >= 0.6 is 0 Å². The minimum atomic E-state index is -0.437. The van der Waals surface area contributed by atoms with Gasteiger partial charge in [-0.2, -0.15) is 0 Å². The average molecular weight is 338 g/mol. The molecule has 0 atom stereocenters. The van der Waals surface area contributed by atoms with Gasteiger partial charge in [-0.15, -0.1) is 0 Å². The van der Waals surface area contributed by atoms with Gasteiger partial charge >= 0.3 is 0 Å². The topological polar surface area (TPSA) is 68.2 Å². The van der Waals surface area contributed by atoms with Gasteiger partial charge in [0.25, 0.3) is 0 Å². The number of anilines is 1. The SMILES string of the molecule is CC(=O)Nc1ccc(C(=O)Cn2cc(C=O)c3cc(F)ccc32)cc1. The number of benzene rings is 2. The van der Waals surface area contributed by atoms with Gasteiger partial charge in [-0.1, -0.05) is 0 Å². The number of nitrogens with zero attached hydrogens (tertiary/aromatic N) is 1. The summed E-state index contributed by atoms with van der Waals surface area (Å²) >= 11 is 0. The Balaban J connectivity index is 1.87. The highest BCUT2D eigenvalue weighted by molar-refractivity contribution is 6.00. The molecule has 0 spiro atoms. The van der Waals surface area contributed by atoms with Crippen molar-refractivity contribution >= 4 is 34.6 Å². The van der Waals surface area contributed by atoms with E-state index in [-0.39, 0.29) is 18.2 Å². The predicted molar refractivity (Wildman–Crippen MR) is 92.4 cm³/mol. The molecule has 2 aromatic carbocycles. The number of rotatable bonds is 5. The number of aldehydes is 1. The summed E-state index contributed by atoms with van der Waals surface area (Å²) < 4.78 is 15.0. The molecule has 5 nitrogen and oxygen atoms in total. The highest BCUT2D eigenvalue weighted by Crippen LogP contribution is 2.22. The van der Waals surface area contributed by atoms with Crippen molar-refractivity contribution in [2.24, 2.45) is 0 Å². The fourth-order valence-electron chi connectivity index (χ4n) is 2.71. The monoisotopic (exact) mass is 338 g/mol. The van der Waals surface area contributed by atoms with E-state index in [1.54, 1.807) is 41.1 Å². The van der Waals surface area contributed by atoms with Crippen LogP contribution in [0, 0.1) is 5.82 Å². The van der Waals surface area contributed by atoms with Crippen LogP contribution in [0.2, 0.25) is 0 Å². The van der Waals surface area contributed by atoms with Crippen LogP contribution in [0.5, 0.6) is 0 Å². The largest absolute Gasteiger partial charge is 0.339 e. The third-order valence-electron chi connectivity index (χ3n) is 3.84. The van der Waals surface area contributed by atoms with Crippen LogP contribution in [-0.2, 0) is 11.3 Å². The molecule has 3 rings (SSSR count). The number of Topliss-reactive ketones (excluding diaryl/α,β-unsaturated/α-hetero) is 1. The van der Waals surface area contributed by atoms with Crippen LogP contribution in [0.1, 0.15) is 27.6 Å². The van der Waals surface area contributed by atoms with E-state index >= 15 is 0 Å². The first-order valence-corrected chi connectivity index (χ1v) is 7.62. The second-order valence-electron chi connectivity index (χ2n) is 5.67. The number of fused-ring (bicyclic) bond motifs is 1. The summed E-state index contributed by atoms with van der Waals surface area (Å²) in [5.41, 5.74) is 2.04. The average Bonchev–Trinajstić information content (AvgIpc) is 2.91. The summed E-state index contributed by atoms with van der Waals surface area (Å²) in [7, 11) is 0. The van der Waals surface area contributed by atoms with Gasteiger partial charge in [-0.25, -0.2) is 4.39 Å². The summed E-state index contributed by atoms with van der Waals surface area (Å²) in [4.78, 5) is 34.7. The Bertz CT molecular complexity index is 974. The molecule has 0 saturated carbocycles. The van der Waals surface area contributed by atoms with E-state index in [9.17, 15) is 18.8 Å². The zero-order valence-electron chi connectivity index (χ0n) is 13.5. The highest BCUT2D eigenvalue weighted by atomic mass is 19.1. The molecule has 1 heterocycles. The summed E-state index contributed by atoms with van der Waals surface area (Å²) in [6, 6.07) is 10.7. The molecule has 1 N–H and O–H groups in total. The van der Waals surface area contributed by atoms with Crippen molar-refractivity contribution < 1.29 is 18.8 Å². The summed E-state index contributed by atoms with van der Waals surface area (Å²) in [5.74, 6) is -0.784. The van der Waals surface area contributed by atoms with E-state index < -0.39 is 5.82 Å². The Hall–Kier alpha value is -3.28. The molecule has 6 heteroatoms. The molecule has 1 amide bonds. The van der Waals surface area contributed by atoms with Crippen molar-refractivity contribution in [1.82, 2.24) is 4.57 Å². The molecule has 0 aliphatic rings. The fraction of sp³-hybridized carbons (Fsp3) is 0.105. The predicted octanol–water partition coefficient (Wildman–Crippen LogP) is 3.43. The zero-order chi connectivity index (χ0) is 18.0. The first-order valence-electron chi connectivity index (χ1n) is 7.62. The number of ketones is 1. The third-order valence-corrected chi connectivity index (χ3v) is 3.84. The number of amides is 1. The first kappa shape index (κ1) is 16.6. The van der Waals surface area contributed by atoms with Crippen molar-refractivity contribution in [3.8, 4) is 0 Å². The molecular weight excluding hydrogens is 323 g/mol. The molecule has 0 bridgehead atoms. The number of aromatic nitrogens is 1. The number of hydrogen-bond donors (Lipinski definition) is 1. The quantitative estimate of drug-likeness (QED) is 0.572. The van der Waals surface area contributed by atoms with Crippen molar-refractivity contribution in [2.75, 3.05) is 5.32 Å². The van der Waals surface area contributed by atoms with Gasteiger partial charge in [0.15, 0.2) is 12.1 Å². The molecule has 0 aliphatic carbocycles. The molecular formula is C19H15FN2O3. The Morgan fingerprint density at radius 1 is 1.16 bits per heavy atom. The van der Waals surface area contributed by atoms with E-state index in [0.29, 0.717) is 34.0 Å². The maximum Gasteiger partial charge on any atom is 0.221 e.